The van der Waals surface area contributed by atoms with Crippen molar-refractivity contribution in [2.75, 3.05) is 13.1 Å². The van der Waals surface area contributed by atoms with Crippen LogP contribution in [0.4, 0.5) is 0 Å². The van der Waals surface area contributed by atoms with Crippen LogP contribution in [-0.2, 0) is 10.0 Å². The highest BCUT2D eigenvalue weighted by Gasteiger charge is 2.29. The molecule has 0 radical (unpaired) electrons. The van der Waals surface area contributed by atoms with Gasteiger partial charge in [-0.3, -0.25) is 0 Å². The molecule has 1 aliphatic rings. The minimum atomic E-state index is -3.41. The molecule has 0 saturated carbocycles. The first-order chi connectivity index (χ1) is 10.1. The van der Waals surface area contributed by atoms with Gasteiger partial charge >= 0.3 is 0 Å². The van der Waals surface area contributed by atoms with Crippen molar-refractivity contribution in [1.29, 1.82) is 0 Å². The second-order valence-electron chi connectivity index (χ2n) is 5.34. The monoisotopic (exact) mass is 306 g/mol. The summed E-state index contributed by atoms with van der Waals surface area (Å²) in [6, 6.07) is 6.80. The lowest BCUT2D eigenvalue weighted by atomic mass is 10.1. The summed E-state index contributed by atoms with van der Waals surface area (Å²) in [6.45, 7) is 2.90. The van der Waals surface area contributed by atoms with Gasteiger partial charge in [0.1, 0.15) is 0 Å². The number of benzene rings is 1. The Kier molecular flexibility index (Phi) is 5.40. The number of nitrogens with two attached hydrogens (primary N) is 1. The normalized spacial score (nSPS) is 20.4. The van der Waals surface area contributed by atoms with E-state index in [1.165, 1.54) is 0 Å². The van der Waals surface area contributed by atoms with Gasteiger partial charge in [0.05, 0.1) is 11.4 Å². The van der Waals surface area contributed by atoms with Crippen LogP contribution >= 0.6 is 0 Å². The quantitative estimate of drug-likeness (QED) is 0.850. The fourth-order valence-electron chi connectivity index (χ4n) is 2.60. The van der Waals surface area contributed by atoms with Crippen molar-refractivity contribution >= 4 is 10.0 Å². The van der Waals surface area contributed by atoms with Crippen molar-refractivity contribution in [2.24, 2.45) is 5.73 Å². The molecule has 1 aromatic carbocycles. The molecule has 1 atom stereocenters. The maximum absolute atomic E-state index is 12.7. The molecule has 1 fully saturated rings. The first-order valence-corrected chi connectivity index (χ1v) is 8.80. The van der Waals surface area contributed by atoms with Crippen LogP contribution in [0.15, 0.2) is 29.2 Å². The van der Waals surface area contributed by atoms with E-state index >= 15 is 0 Å². The van der Waals surface area contributed by atoms with Crippen LogP contribution in [-0.4, -0.2) is 31.9 Å². The molecule has 1 saturated heterocycles. The topological polar surface area (TPSA) is 63.4 Å². The Morgan fingerprint density at radius 3 is 2.62 bits per heavy atom. The fraction of sp³-hybridized carbons (Fsp3) is 0.500. The van der Waals surface area contributed by atoms with Gasteiger partial charge in [-0.1, -0.05) is 24.7 Å². The molecule has 0 amide bonds. The SMILES string of the molecule is CC1CCCCCN1S(=O)(=O)c1ccc(C#CCN)cc1. The Morgan fingerprint density at radius 2 is 1.95 bits per heavy atom. The summed E-state index contributed by atoms with van der Waals surface area (Å²) in [5.74, 6) is 5.66. The Balaban J connectivity index is 2.26. The molecule has 21 heavy (non-hydrogen) atoms. The lowest BCUT2D eigenvalue weighted by Gasteiger charge is -2.26. The second kappa shape index (κ2) is 7.08. The Labute approximate surface area is 127 Å². The molecule has 0 spiro atoms. The number of rotatable bonds is 2. The summed E-state index contributed by atoms with van der Waals surface area (Å²) in [6.07, 6.45) is 4.06. The molecular weight excluding hydrogens is 284 g/mol. The third-order valence-electron chi connectivity index (χ3n) is 3.79. The maximum atomic E-state index is 12.7. The molecule has 2 N–H and O–H groups in total. The van der Waals surface area contributed by atoms with E-state index in [0.29, 0.717) is 18.0 Å². The minimum Gasteiger partial charge on any atom is -0.320 e. The number of hydrogen-bond donors (Lipinski definition) is 1. The highest BCUT2D eigenvalue weighted by molar-refractivity contribution is 7.89. The summed E-state index contributed by atoms with van der Waals surface area (Å²) in [7, 11) is -3.41. The van der Waals surface area contributed by atoms with Gasteiger partial charge in [0.25, 0.3) is 0 Å². The molecule has 0 bridgehead atoms. The van der Waals surface area contributed by atoms with E-state index in [-0.39, 0.29) is 6.04 Å². The van der Waals surface area contributed by atoms with Crippen molar-refractivity contribution in [1.82, 2.24) is 4.31 Å². The van der Waals surface area contributed by atoms with Crippen molar-refractivity contribution in [3.8, 4) is 11.8 Å². The van der Waals surface area contributed by atoms with Crippen LogP contribution < -0.4 is 5.73 Å². The third-order valence-corrected chi connectivity index (χ3v) is 5.82. The van der Waals surface area contributed by atoms with Gasteiger partial charge < -0.3 is 5.73 Å². The first-order valence-electron chi connectivity index (χ1n) is 7.36. The lowest BCUT2D eigenvalue weighted by Crippen LogP contribution is -2.38. The fourth-order valence-corrected chi connectivity index (χ4v) is 4.30. The molecular formula is C16H22N2O2S. The van der Waals surface area contributed by atoms with Crippen molar-refractivity contribution in [3.63, 3.8) is 0 Å². The largest absolute Gasteiger partial charge is 0.320 e. The van der Waals surface area contributed by atoms with Crippen LogP contribution in [0.25, 0.3) is 0 Å². The summed E-state index contributed by atoms with van der Waals surface area (Å²) < 4.78 is 27.1. The van der Waals surface area contributed by atoms with Gasteiger partial charge in [0.2, 0.25) is 10.0 Å². The van der Waals surface area contributed by atoms with Gasteiger partial charge in [-0.25, -0.2) is 8.42 Å². The minimum absolute atomic E-state index is 0.0641. The smallest absolute Gasteiger partial charge is 0.243 e. The van der Waals surface area contributed by atoms with E-state index in [4.69, 9.17) is 5.73 Å². The number of sulfonamides is 1. The predicted octanol–water partition coefficient (Wildman–Crippen LogP) is 1.95. The van der Waals surface area contributed by atoms with E-state index in [9.17, 15) is 8.42 Å². The van der Waals surface area contributed by atoms with Gasteiger partial charge in [-0.15, -0.1) is 0 Å². The summed E-state index contributed by atoms with van der Waals surface area (Å²) in [5, 5.41) is 0. The molecule has 5 heteroatoms. The molecule has 0 aromatic heterocycles. The average Bonchev–Trinajstić information content (AvgIpc) is 2.70. The van der Waals surface area contributed by atoms with E-state index in [1.54, 1.807) is 28.6 Å². The molecule has 0 aliphatic carbocycles. The molecule has 1 unspecified atom stereocenters. The molecule has 2 rings (SSSR count). The van der Waals surface area contributed by atoms with Crippen LogP contribution in [0, 0.1) is 11.8 Å². The lowest BCUT2D eigenvalue weighted by molar-refractivity contribution is 0.342. The Bertz CT molecular complexity index is 626. The average molecular weight is 306 g/mol. The maximum Gasteiger partial charge on any atom is 0.243 e. The van der Waals surface area contributed by atoms with Crippen LogP contribution in [0.2, 0.25) is 0 Å². The third kappa shape index (κ3) is 3.85. The van der Waals surface area contributed by atoms with Gasteiger partial charge in [-0.2, -0.15) is 4.31 Å². The predicted molar refractivity (Wildman–Crippen MR) is 84.2 cm³/mol. The number of nitrogens with zero attached hydrogens (tertiary/aromatic N) is 1. The van der Waals surface area contributed by atoms with E-state index in [1.807, 2.05) is 6.92 Å². The summed E-state index contributed by atoms with van der Waals surface area (Å²) in [4.78, 5) is 0.342. The van der Waals surface area contributed by atoms with Gasteiger partial charge in [0, 0.05) is 18.2 Å². The molecule has 114 valence electrons. The summed E-state index contributed by atoms with van der Waals surface area (Å²) in [5.41, 5.74) is 6.11. The van der Waals surface area contributed by atoms with Crippen LogP contribution in [0.3, 0.4) is 0 Å². The Hall–Kier alpha value is -1.35. The molecule has 1 heterocycles. The number of hydrogen-bond acceptors (Lipinski definition) is 3. The van der Waals surface area contributed by atoms with Crippen molar-refractivity contribution < 1.29 is 8.42 Å². The van der Waals surface area contributed by atoms with Crippen molar-refractivity contribution in [2.45, 2.75) is 43.5 Å². The molecule has 4 nitrogen and oxygen atoms in total. The van der Waals surface area contributed by atoms with Gasteiger partial charge in [-0.05, 0) is 44.0 Å². The standard InChI is InChI=1S/C16H22N2O2S/c1-14-6-3-2-4-13-18(14)21(19,20)16-10-8-15(9-11-16)7-5-12-17/h8-11,14H,2-4,6,12-13,17H2,1H3. The second-order valence-corrected chi connectivity index (χ2v) is 7.23. The zero-order valence-electron chi connectivity index (χ0n) is 12.4. The Morgan fingerprint density at radius 1 is 1.24 bits per heavy atom. The van der Waals surface area contributed by atoms with E-state index < -0.39 is 10.0 Å². The van der Waals surface area contributed by atoms with E-state index in [2.05, 4.69) is 11.8 Å². The highest BCUT2D eigenvalue weighted by atomic mass is 32.2. The van der Waals surface area contributed by atoms with Gasteiger partial charge in [0.15, 0.2) is 0 Å². The van der Waals surface area contributed by atoms with Crippen LogP contribution in [0.1, 0.15) is 38.2 Å². The first kappa shape index (κ1) is 16.0. The zero-order chi connectivity index (χ0) is 15.3. The molecule has 1 aromatic rings. The molecule has 1 aliphatic heterocycles. The van der Waals surface area contributed by atoms with Crippen molar-refractivity contribution in [3.05, 3.63) is 29.8 Å². The van der Waals surface area contributed by atoms with Crippen LogP contribution in [0.5, 0.6) is 0 Å². The summed E-state index contributed by atoms with van der Waals surface area (Å²) >= 11 is 0. The highest BCUT2D eigenvalue weighted by Crippen LogP contribution is 2.24. The zero-order valence-corrected chi connectivity index (χ0v) is 13.2. The van der Waals surface area contributed by atoms with E-state index in [0.717, 1.165) is 31.2 Å².